The van der Waals surface area contributed by atoms with Crippen molar-refractivity contribution in [2.45, 2.75) is 13.0 Å². The van der Waals surface area contributed by atoms with Gasteiger partial charge in [-0.2, -0.15) is 0 Å². The first kappa shape index (κ1) is 13.8. The van der Waals surface area contributed by atoms with Gasteiger partial charge in [-0.15, -0.1) is 0 Å². The van der Waals surface area contributed by atoms with E-state index >= 15 is 0 Å². The molecule has 3 rings (SSSR count). The minimum atomic E-state index is -0.302. The molecule has 3 aromatic rings. The SMILES string of the molecule is CC(NC(=O)c1cccc(Br)c1)c1nc2ccccc2o1. The number of nitrogens with one attached hydrogen (secondary N) is 1. The zero-order valence-corrected chi connectivity index (χ0v) is 12.9. The van der Waals surface area contributed by atoms with Crippen LogP contribution in [0.3, 0.4) is 0 Å². The average molecular weight is 345 g/mol. The van der Waals surface area contributed by atoms with E-state index in [1.54, 1.807) is 12.1 Å². The zero-order chi connectivity index (χ0) is 14.8. The Labute approximate surface area is 130 Å². The number of carbonyl (C=O) groups is 1. The molecule has 5 heteroatoms. The van der Waals surface area contributed by atoms with Gasteiger partial charge in [-0.3, -0.25) is 4.79 Å². The van der Waals surface area contributed by atoms with Crippen LogP contribution in [0.5, 0.6) is 0 Å². The fourth-order valence-electron chi connectivity index (χ4n) is 2.05. The number of benzene rings is 2. The van der Waals surface area contributed by atoms with Crippen molar-refractivity contribution in [2.75, 3.05) is 0 Å². The molecule has 0 radical (unpaired) electrons. The molecule has 0 fully saturated rings. The van der Waals surface area contributed by atoms with E-state index in [2.05, 4.69) is 26.2 Å². The molecule has 0 saturated carbocycles. The first-order valence-electron chi connectivity index (χ1n) is 6.55. The van der Waals surface area contributed by atoms with Gasteiger partial charge in [0.1, 0.15) is 11.6 Å². The van der Waals surface area contributed by atoms with Gasteiger partial charge in [-0.25, -0.2) is 4.98 Å². The average Bonchev–Trinajstić information content (AvgIpc) is 2.91. The molecule has 0 aliphatic rings. The molecule has 0 spiro atoms. The number of hydrogen-bond acceptors (Lipinski definition) is 3. The van der Waals surface area contributed by atoms with Crippen molar-refractivity contribution in [1.82, 2.24) is 10.3 Å². The number of halogens is 1. The Morgan fingerprint density at radius 1 is 1.24 bits per heavy atom. The Morgan fingerprint density at radius 3 is 2.81 bits per heavy atom. The summed E-state index contributed by atoms with van der Waals surface area (Å²) in [6.45, 7) is 1.85. The molecular weight excluding hydrogens is 332 g/mol. The number of fused-ring (bicyclic) bond motifs is 1. The quantitative estimate of drug-likeness (QED) is 0.778. The highest BCUT2D eigenvalue weighted by Crippen LogP contribution is 2.20. The van der Waals surface area contributed by atoms with Crippen LogP contribution in [0, 0.1) is 0 Å². The molecule has 1 aromatic heterocycles. The van der Waals surface area contributed by atoms with E-state index < -0.39 is 0 Å². The first-order valence-corrected chi connectivity index (χ1v) is 7.34. The maximum atomic E-state index is 12.2. The predicted octanol–water partition coefficient (Wildman–Crippen LogP) is 4.08. The van der Waals surface area contributed by atoms with Crippen LogP contribution in [0.4, 0.5) is 0 Å². The van der Waals surface area contributed by atoms with Crippen molar-refractivity contribution < 1.29 is 9.21 Å². The molecule has 4 nitrogen and oxygen atoms in total. The lowest BCUT2D eigenvalue weighted by Gasteiger charge is -2.10. The summed E-state index contributed by atoms with van der Waals surface area (Å²) in [5.41, 5.74) is 2.10. The third kappa shape index (κ3) is 2.97. The van der Waals surface area contributed by atoms with Crippen LogP contribution < -0.4 is 5.32 Å². The van der Waals surface area contributed by atoms with Crippen LogP contribution in [-0.2, 0) is 0 Å². The summed E-state index contributed by atoms with van der Waals surface area (Å²) in [7, 11) is 0. The summed E-state index contributed by atoms with van der Waals surface area (Å²) >= 11 is 3.35. The van der Waals surface area contributed by atoms with Crippen molar-refractivity contribution in [2.24, 2.45) is 0 Å². The predicted molar refractivity (Wildman–Crippen MR) is 84.0 cm³/mol. The first-order chi connectivity index (χ1) is 10.1. The van der Waals surface area contributed by atoms with Crippen LogP contribution in [0.2, 0.25) is 0 Å². The van der Waals surface area contributed by atoms with E-state index in [-0.39, 0.29) is 11.9 Å². The number of amides is 1. The standard InChI is InChI=1S/C16H13BrN2O2/c1-10(16-19-13-7-2-3-8-14(13)21-16)18-15(20)11-5-4-6-12(17)9-11/h2-10H,1H3,(H,18,20). The van der Waals surface area contributed by atoms with Crippen molar-refractivity contribution in [1.29, 1.82) is 0 Å². The number of aromatic nitrogens is 1. The van der Waals surface area contributed by atoms with E-state index in [9.17, 15) is 4.79 Å². The summed E-state index contributed by atoms with van der Waals surface area (Å²) in [5, 5.41) is 2.88. The smallest absolute Gasteiger partial charge is 0.251 e. The van der Waals surface area contributed by atoms with Crippen molar-refractivity contribution in [3.8, 4) is 0 Å². The number of hydrogen-bond donors (Lipinski definition) is 1. The molecule has 0 saturated heterocycles. The topological polar surface area (TPSA) is 55.1 Å². The number of oxazole rings is 1. The molecule has 0 aliphatic carbocycles. The van der Waals surface area contributed by atoms with Gasteiger partial charge in [-0.1, -0.05) is 34.1 Å². The van der Waals surface area contributed by atoms with Gasteiger partial charge in [0.15, 0.2) is 5.58 Å². The minimum Gasteiger partial charge on any atom is -0.438 e. The number of nitrogens with zero attached hydrogens (tertiary/aromatic N) is 1. The molecular formula is C16H13BrN2O2. The van der Waals surface area contributed by atoms with Crippen LogP contribution in [0.15, 0.2) is 57.4 Å². The largest absolute Gasteiger partial charge is 0.438 e. The molecule has 1 atom stereocenters. The van der Waals surface area contributed by atoms with Gasteiger partial charge in [0.25, 0.3) is 5.91 Å². The molecule has 0 aliphatic heterocycles. The van der Waals surface area contributed by atoms with Gasteiger partial charge in [0.05, 0.1) is 0 Å². The summed E-state index contributed by atoms with van der Waals surface area (Å²) in [5.74, 6) is 0.339. The third-order valence-electron chi connectivity index (χ3n) is 3.12. The van der Waals surface area contributed by atoms with E-state index in [0.29, 0.717) is 11.5 Å². The van der Waals surface area contributed by atoms with E-state index in [1.165, 1.54) is 0 Å². The lowest BCUT2D eigenvalue weighted by Crippen LogP contribution is -2.26. The Balaban J connectivity index is 1.79. The lowest BCUT2D eigenvalue weighted by atomic mass is 10.2. The zero-order valence-electron chi connectivity index (χ0n) is 11.3. The highest BCUT2D eigenvalue weighted by Gasteiger charge is 2.16. The molecule has 1 N–H and O–H groups in total. The van der Waals surface area contributed by atoms with Crippen LogP contribution >= 0.6 is 15.9 Å². The lowest BCUT2D eigenvalue weighted by molar-refractivity contribution is 0.0934. The van der Waals surface area contributed by atoms with Gasteiger partial charge in [0, 0.05) is 10.0 Å². The maximum Gasteiger partial charge on any atom is 0.251 e. The number of rotatable bonds is 3. The highest BCUT2D eigenvalue weighted by molar-refractivity contribution is 9.10. The number of carbonyl (C=O) groups excluding carboxylic acids is 1. The normalized spacial score (nSPS) is 12.3. The fraction of sp³-hybridized carbons (Fsp3) is 0.125. The van der Waals surface area contributed by atoms with Crippen molar-refractivity contribution in [3.63, 3.8) is 0 Å². The maximum absolute atomic E-state index is 12.2. The second-order valence-electron chi connectivity index (χ2n) is 4.73. The van der Waals surface area contributed by atoms with Crippen molar-refractivity contribution in [3.05, 3.63) is 64.5 Å². The van der Waals surface area contributed by atoms with Crippen LogP contribution in [0.25, 0.3) is 11.1 Å². The summed E-state index contributed by atoms with van der Waals surface area (Å²) < 4.78 is 6.52. The van der Waals surface area contributed by atoms with Gasteiger partial charge in [0.2, 0.25) is 5.89 Å². The molecule has 2 aromatic carbocycles. The Hall–Kier alpha value is -2.14. The molecule has 1 unspecified atom stereocenters. The fourth-order valence-corrected chi connectivity index (χ4v) is 2.45. The van der Waals surface area contributed by atoms with Gasteiger partial charge >= 0.3 is 0 Å². The summed E-state index contributed by atoms with van der Waals surface area (Å²) in [6, 6.07) is 14.5. The molecule has 1 amide bonds. The Kier molecular flexibility index (Phi) is 3.75. The molecule has 0 bridgehead atoms. The number of para-hydroxylation sites is 2. The van der Waals surface area contributed by atoms with Crippen molar-refractivity contribution >= 4 is 32.9 Å². The van der Waals surface area contributed by atoms with E-state index in [0.717, 1.165) is 15.6 Å². The molecule has 1 heterocycles. The van der Waals surface area contributed by atoms with Crippen LogP contribution in [0.1, 0.15) is 29.2 Å². The Bertz CT molecular complexity index is 765. The Morgan fingerprint density at radius 2 is 2.05 bits per heavy atom. The highest BCUT2D eigenvalue weighted by atomic mass is 79.9. The summed E-state index contributed by atoms with van der Waals surface area (Å²) in [6.07, 6.45) is 0. The second-order valence-corrected chi connectivity index (χ2v) is 5.64. The molecule has 106 valence electrons. The molecule has 21 heavy (non-hydrogen) atoms. The van der Waals surface area contributed by atoms with E-state index in [4.69, 9.17) is 4.42 Å². The monoisotopic (exact) mass is 344 g/mol. The van der Waals surface area contributed by atoms with Crippen LogP contribution in [-0.4, -0.2) is 10.9 Å². The third-order valence-corrected chi connectivity index (χ3v) is 3.61. The second kappa shape index (κ2) is 5.69. The van der Waals surface area contributed by atoms with Gasteiger partial charge in [-0.05, 0) is 37.3 Å². The van der Waals surface area contributed by atoms with E-state index in [1.807, 2.05) is 43.3 Å². The van der Waals surface area contributed by atoms with Gasteiger partial charge < -0.3 is 9.73 Å². The summed E-state index contributed by atoms with van der Waals surface area (Å²) in [4.78, 5) is 16.6. The minimum absolute atomic E-state index is 0.161.